The van der Waals surface area contributed by atoms with Crippen LogP contribution in [0.5, 0.6) is 5.75 Å². The number of fused-ring (bicyclic) bond motifs is 1. The van der Waals surface area contributed by atoms with Crippen LogP contribution >= 0.6 is 0 Å². The Kier molecular flexibility index (Phi) is 8.94. The molecule has 0 N–H and O–H groups in total. The van der Waals surface area contributed by atoms with E-state index in [-0.39, 0.29) is 16.2 Å². The van der Waals surface area contributed by atoms with Gasteiger partial charge in [-0.1, -0.05) is 48.0 Å². The monoisotopic (exact) mass is 548 g/mol. The fraction of sp³-hybridized carbons (Fsp3) is 0.406. The second-order valence-electron chi connectivity index (χ2n) is 11.4. The number of rotatable bonds is 10. The highest BCUT2D eigenvalue weighted by molar-refractivity contribution is 7.89. The van der Waals surface area contributed by atoms with Gasteiger partial charge in [0.05, 0.1) is 12.0 Å². The van der Waals surface area contributed by atoms with Crippen LogP contribution in [0.4, 0.5) is 0 Å². The maximum absolute atomic E-state index is 13.2. The van der Waals surface area contributed by atoms with Crippen molar-refractivity contribution in [1.29, 1.82) is 0 Å². The van der Waals surface area contributed by atoms with Crippen molar-refractivity contribution in [3.8, 4) is 5.75 Å². The number of hydrogen-bond donors (Lipinski definition) is 0. The molecular formula is C32H40N2O4S. The number of sulfonamides is 1. The molecule has 0 spiro atoms. The molecule has 6 nitrogen and oxygen atoms in total. The van der Waals surface area contributed by atoms with E-state index in [1.807, 2.05) is 18.2 Å². The molecule has 0 aromatic heterocycles. The summed E-state index contributed by atoms with van der Waals surface area (Å²) in [6, 6.07) is 20.9. The van der Waals surface area contributed by atoms with Gasteiger partial charge in [-0.2, -0.15) is 4.31 Å². The second kappa shape index (κ2) is 12.0. The molecule has 39 heavy (non-hydrogen) atoms. The quantitative estimate of drug-likeness (QED) is 0.290. The van der Waals surface area contributed by atoms with Crippen LogP contribution in [0.15, 0.2) is 71.6 Å². The maximum atomic E-state index is 13.2. The molecule has 0 amide bonds. The van der Waals surface area contributed by atoms with Gasteiger partial charge in [-0.05, 0) is 82.0 Å². The standard InChI is InChI=1S/C32H40N2O4S/c1-24-11-13-25(14-12-24)22-33(32(2,3)4)18-7-10-31(35)27-15-16-28-23-34(19-17-26(28)20-27)39(36,37)30-9-6-8-29(21-30)38-5/h6,8-9,11-16,20-21H,7,10,17-19,22-23H2,1-5H3. The van der Waals surface area contributed by atoms with E-state index in [0.29, 0.717) is 37.2 Å². The van der Waals surface area contributed by atoms with Crippen molar-refractivity contribution in [3.63, 3.8) is 0 Å². The zero-order chi connectivity index (χ0) is 28.2. The Hall–Kier alpha value is -3.00. The van der Waals surface area contributed by atoms with E-state index < -0.39 is 10.0 Å². The number of carbonyl (C=O) groups excluding carboxylic acids is 1. The largest absolute Gasteiger partial charge is 0.497 e. The summed E-state index contributed by atoms with van der Waals surface area (Å²) in [6.45, 7) is 11.1. The summed E-state index contributed by atoms with van der Waals surface area (Å²) in [7, 11) is -2.12. The van der Waals surface area contributed by atoms with Crippen molar-refractivity contribution in [3.05, 3.63) is 94.5 Å². The number of benzene rings is 3. The average molecular weight is 549 g/mol. The normalized spacial score (nSPS) is 14.3. The van der Waals surface area contributed by atoms with E-state index in [9.17, 15) is 13.2 Å². The van der Waals surface area contributed by atoms with Gasteiger partial charge in [0.15, 0.2) is 5.78 Å². The van der Waals surface area contributed by atoms with Gasteiger partial charge in [-0.15, -0.1) is 0 Å². The first kappa shape index (κ1) is 29.0. The molecule has 0 bridgehead atoms. The molecule has 1 heterocycles. The van der Waals surface area contributed by atoms with Gasteiger partial charge in [0, 0.05) is 43.2 Å². The number of ketones is 1. The molecule has 0 saturated heterocycles. The van der Waals surface area contributed by atoms with E-state index in [2.05, 4.69) is 56.9 Å². The molecule has 0 atom stereocenters. The average Bonchev–Trinajstić information content (AvgIpc) is 2.92. The summed E-state index contributed by atoms with van der Waals surface area (Å²) in [6.07, 6.45) is 1.84. The SMILES string of the molecule is COc1cccc(S(=O)(=O)N2CCc3cc(C(=O)CCCN(Cc4ccc(C)cc4)C(C)(C)C)ccc3C2)c1. The van der Waals surface area contributed by atoms with Gasteiger partial charge in [-0.3, -0.25) is 9.69 Å². The molecule has 0 aliphatic carbocycles. The lowest BCUT2D eigenvalue weighted by Gasteiger charge is -2.36. The van der Waals surface area contributed by atoms with Crippen LogP contribution in [0, 0.1) is 6.92 Å². The van der Waals surface area contributed by atoms with E-state index in [0.717, 1.165) is 30.6 Å². The molecule has 0 saturated carbocycles. The Morgan fingerprint density at radius 2 is 1.74 bits per heavy atom. The lowest BCUT2D eigenvalue weighted by Crippen LogP contribution is -2.41. The van der Waals surface area contributed by atoms with Crippen LogP contribution < -0.4 is 4.74 Å². The molecule has 208 valence electrons. The molecule has 1 aliphatic heterocycles. The van der Waals surface area contributed by atoms with Crippen LogP contribution in [0.3, 0.4) is 0 Å². The Bertz CT molecular complexity index is 1410. The lowest BCUT2D eigenvalue weighted by atomic mass is 9.95. The van der Waals surface area contributed by atoms with Crippen LogP contribution in [0.1, 0.15) is 66.2 Å². The van der Waals surface area contributed by atoms with E-state index in [1.54, 1.807) is 24.3 Å². The second-order valence-corrected chi connectivity index (χ2v) is 13.3. The highest BCUT2D eigenvalue weighted by Gasteiger charge is 2.29. The molecular weight excluding hydrogens is 508 g/mol. The first-order chi connectivity index (χ1) is 18.5. The van der Waals surface area contributed by atoms with Crippen molar-refractivity contribution >= 4 is 15.8 Å². The summed E-state index contributed by atoms with van der Waals surface area (Å²) >= 11 is 0. The van der Waals surface area contributed by atoms with Crippen LogP contribution in [-0.2, 0) is 29.5 Å². The van der Waals surface area contributed by atoms with Crippen molar-refractivity contribution in [1.82, 2.24) is 9.21 Å². The van der Waals surface area contributed by atoms with Gasteiger partial charge in [0.2, 0.25) is 10.0 Å². The van der Waals surface area contributed by atoms with Gasteiger partial charge in [0.25, 0.3) is 0 Å². The Balaban J connectivity index is 1.37. The van der Waals surface area contributed by atoms with E-state index >= 15 is 0 Å². The minimum Gasteiger partial charge on any atom is -0.497 e. The number of nitrogens with zero attached hydrogens (tertiary/aromatic N) is 2. The molecule has 1 aliphatic rings. The zero-order valence-electron chi connectivity index (χ0n) is 23.7. The van der Waals surface area contributed by atoms with Crippen molar-refractivity contribution < 1.29 is 17.9 Å². The number of methoxy groups -OCH3 is 1. The number of Topliss-reactive ketones (excluding diaryl/α,β-unsaturated/α-hetero) is 1. The van der Waals surface area contributed by atoms with Crippen LogP contribution in [-0.4, -0.2) is 49.1 Å². The molecule has 7 heteroatoms. The summed E-state index contributed by atoms with van der Waals surface area (Å²) in [5.74, 6) is 0.644. The molecule has 0 radical (unpaired) electrons. The fourth-order valence-electron chi connectivity index (χ4n) is 4.96. The van der Waals surface area contributed by atoms with Crippen molar-refractivity contribution in [2.45, 2.75) is 70.5 Å². The highest BCUT2D eigenvalue weighted by atomic mass is 32.2. The fourth-order valence-corrected chi connectivity index (χ4v) is 6.41. The third-order valence-corrected chi connectivity index (χ3v) is 9.30. The molecule has 3 aromatic carbocycles. The summed E-state index contributed by atoms with van der Waals surface area (Å²) in [5.41, 5.74) is 5.23. The third kappa shape index (κ3) is 7.15. The van der Waals surface area contributed by atoms with Crippen LogP contribution in [0.25, 0.3) is 0 Å². The smallest absolute Gasteiger partial charge is 0.243 e. The number of aryl methyl sites for hydroxylation is 1. The zero-order valence-corrected chi connectivity index (χ0v) is 24.6. The predicted molar refractivity (Wildman–Crippen MR) is 156 cm³/mol. The Morgan fingerprint density at radius 1 is 1.00 bits per heavy atom. The number of ether oxygens (including phenoxy) is 1. The summed E-state index contributed by atoms with van der Waals surface area (Å²) < 4.78 is 33.2. The lowest BCUT2D eigenvalue weighted by molar-refractivity contribution is 0.0945. The van der Waals surface area contributed by atoms with Gasteiger partial charge >= 0.3 is 0 Å². The maximum Gasteiger partial charge on any atom is 0.243 e. The predicted octanol–water partition coefficient (Wildman–Crippen LogP) is 6.01. The minimum absolute atomic E-state index is 0.00313. The third-order valence-electron chi connectivity index (χ3n) is 7.46. The van der Waals surface area contributed by atoms with Gasteiger partial charge in [-0.25, -0.2) is 8.42 Å². The van der Waals surface area contributed by atoms with Gasteiger partial charge in [0.1, 0.15) is 5.75 Å². The first-order valence-electron chi connectivity index (χ1n) is 13.6. The van der Waals surface area contributed by atoms with E-state index in [4.69, 9.17) is 4.74 Å². The van der Waals surface area contributed by atoms with Crippen molar-refractivity contribution in [2.24, 2.45) is 0 Å². The number of carbonyl (C=O) groups is 1. The summed E-state index contributed by atoms with van der Waals surface area (Å²) in [5, 5.41) is 0. The first-order valence-corrected chi connectivity index (χ1v) is 15.0. The molecule has 3 aromatic rings. The number of hydrogen-bond acceptors (Lipinski definition) is 5. The molecule has 4 rings (SSSR count). The Labute approximate surface area is 233 Å². The van der Waals surface area contributed by atoms with Gasteiger partial charge < -0.3 is 4.74 Å². The van der Waals surface area contributed by atoms with Crippen molar-refractivity contribution in [2.75, 3.05) is 20.2 Å². The Morgan fingerprint density at radius 3 is 2.44 bits per heavy atom. The molecule has 0 unspecified atom stereocenters. The topological polar surface area (TPSA) is 66.9 Å². The van der Waals surface area contributed by atoms with Crippen LogP contribution in [0.2, 0.25) is 0 Å². The summed E-state index contributed by atoms with van der Waals surface area (Å²) in [4.78, 5) is 15.7. The van der Waals surface area contributed by atoms with E-state index in [1.165, 1.54) is 22.5 Å². The highest BCUT2D eigenvalue weighted by Crippen LogP contribution is 2.28. The molecule has 0 fully saturated rings. The minimum atomic E-state index is -3.64.